The van der Waals surface area contributed by atoms with Crippen LogP contribution in [0.2, 0.25) is 5.02 Å². The second-order valence-electron chi connectivity index (χ2n) is 4.30. The Balaban J connectivity index is 1.61. The van der Waals surface area contributed by atoms with Crippen molar-refractivity contribution in [1.82, 2.24) is 14.9 Å². The third-order valence-electron chi connectivity index (χ3n) is 2.72. The summed E-state index contributed by atoms with van der Waals surface area (Å²) in [5, 5.41) is 11.2. The molecule has 1 aromatic carbocycles. The summed E-state index contributed by atoms with van der Waals surface area (Å²) in [4.78, 5) is 0. The van der Waals surface area contributed by atoms with Crippen molar-refractivity contribution in [2.45, 2.75) is 6.61 Å². The predicted octanol–water partition coefficient (Wildman–Crippen LogP) is 3.65. The van der Waals surface area contributed by atoms with E-state index in [0.717, 1.165) is 5.75 Å². The third kappa shape index (κ3) is 3.63. The second-order valence-corrected chi connectivity index (χ2v) is 5.12. The van der Waals surface area contributed by atoms with Gasteiger partial charge in [-0.3, -0.25) is 5.10 Å². The summed E-state index contributed by atoms with van der Waals surface area (Å²) >= 11 is 10.8. The summed E-state index contributed by atoms with van der Waals surface area (Å²) in [5.41, 5.74) is 0. The summed E-state index contributed by atoms with van der Waals surface area (Å²) in [5.74, 6) is 2.01. The molecule has 0 bridgehead atoms. The zero-order valence-electron chi connectivity index (χ0n) is 11.3. The fourth-order valence-corrected chi connectivity index (χ4v) is 1.94. The van der Waals surface area contributed by atoms with Crippen molar-refractivity contribution in [3.05, 3.63) is 64.0 Å². The Morgan fingerprint density at radius 1 is 1.32 bits per heavy atom. The van der Waals surface area contributed by atoms with Crippen molar-refractivity contribution in [1.29, 1.82) is 0 Å². The number of nitrogens with one attached hydrogen (secondary N) is 1. The molecule has 0 spiro atoms. The molecule has 0 aliphatic heterocycles. The molecule has 0 saturated carbocycles. The van der Waals surface area contributed by atoms with Crippen LogP contribution < -0.4 is 4.74 Å². The van der Waals surface area contributed by atoms with Crippen molar-refractivity contribution in [2.24, 2.45) is 5.10 Å². The van der Waals surface area contributed by atoms with E-state index in [1.165, 1.54) is 11.0 Å². The Bertz CT molecular complexity index is 835. The SMILES string of the molecule is S=c1[nH]ncn1N=Cc1ccc(COc2ccc(Cl)cc2)o1. The van der Waals surface area contributed by atoms with Crippen LogP contribution in [0.25, 0.3) is 0 Å². The highest BCUT2D eigenvalue weighted by Gasteiger charge is 2.02. The van der Waals surface area contributed by atoms with Gasteiger partial charge in [0.15, 0.2) is 0 Å². The van der Waals surface area contributed by atoms with Gasteiger partial charge in [-0.25, -0.2) is 0 Å². The number of aromatic amines is 1. The molecule has 0 aliphatic rings. The van der Waals surface area contributed by atoms with Crippen molar-refractivity contribution in [2.75, 3.05) is 0 Å². The van der Waals surface area contributed by atoms with Gasteiger partial charge in [0.2, 0.25) is 4.77 Å². The summed E-state index contributed by atoms with van der Waals surface area (Å²) in [6, 6.07) is 10.8. The maximum atomic E-state index is 5.82. The molecular formula is C14H11ClN4O2S. The number of hydrogen-bond donors (Lipinski definition) is 1. The Hall–Kier alpha value is -2.38. The van der Waals surface area contributed by atoms with Crippen LogP contribution in [-0.2, 0) is 6.61 Å². The standard InChI is InChI=1S/C14H11ClN4O2S/c15-10-1-3-11(4-2-10)20-8-13-6-5-12(21-13)7-17-19-9-16-18-14(19)22/h1-7,9H,8H2,(H,18,22). The maximum absolute atomic E-state index is 5.82. The molecule has 3 rings (SSSR count). The van der Waals surface area contributed by atoms with Crippen LogP contribution in [0.4, 0.5) is 0 Å². The molecule has 0 fully saturated rings. The highest BCUT2D eigenvalue weighted by Crippen LogP contribution is 2.17. The van der Waals surface area contributed by atoms with E-state index < -0.39 is 0 Å². The van der Waals surface area contributed by atoms with Gasteiger partial charge in [0.25, 0.3) is 0 Å². The highest BCUT2D eigenvalue weighted by molar-refractivity contribution is 7.71. The lowest BCUT2D eigenvalue weighted by Gasteiger charge is -2.03. The zero-order valence-corrected chi connectivity index (χ0v) is 12.8. The number of benzene rings is 1. The molecule has 112 valence electrons. The minimum Gasteiger partial charge on any atom is -0.486 e. The van der Waals surface area contributed by atoms with Crippen LogP contribution in [0, 0.1) is 4.77 Å². The Morgan fingerprint density at radius 3 is 2.86 bits per heavy atom. The minimum atomic E-state index is 0.320. The van der Waals surface area contributed by atoms with Gasteiger partial charge in [-0.1, -0.05) is 11.6 Å². The van der Waals surface area contributed by atoms with Gasteiger partial charge < -0.3 is 9.15 Å². The summed E-state index contributed by atoms with van der Waals surface area (Å²) < 4.78 is 13.0. The van der Waals surface area contributed by atoms with Gasteiger partial charge in [0.05, 0.1) is 6.21 Å². The first-order valence-electron chi connectivity index (χ1n) is 6.34. The number of ether oxygens (including phenoxy) is 1. The zero-order chi connectivity index (χ0) is 15.4. The summed E-state index contributed by atoms with van der Waals surface area (Å²) in [6.45, 7) is 0.320. The second kappa shape index (κ2) is 6.59. The molecule has 0 amide bonds. The lowest BCUT2D eigenvalue weighted by molar-refractivity contribution is 0.270. The van der Waals surface area contributed by atoms with Crippen LogP contribution in [0.3, 0.4) is 0 Å². The number of furan rings is 1. The quantitative estimate of drug-likeness (QED) is 0.571. The molecule has 3 aromatic rings. The maximum Gasteiger partial charge on any atom is 0.216 e. The number of aromatic nitrogens is 3. The topological polar surface area (TPSA) is 68.3 Å². The molecule has 22 heavy (non-hydrogen) atoms. The Kier molecular flexibility index (Phi) is 4.36. The van der Waals surface area contributed by atoms with E-state index in [1.54, 1.807) is 36.5 Å². The molecule has 0 atom stereocenters. The van der Waals surface area contributed by atoms with Crippen LogP contribution in [0.1, 0.15) is 11.5 Å². The number of rotatable bonds is 5. The summed E-state index contributed by atoms with van der Waals surface area (Å²) in [6.07, 6.45) is 3.03. The van der Waals surface area contributed by atoms with E-state index in [1.807, 2.05) is 6.07 Å². The number of hydrogen-bond acceptors (Lipinski definition) is 5. The highest BCUT2D eigenvalue weighted by atomic mass is 35.5. The van der Waals surface area contributed by atoms with E-state index in [9.17, 15) is 0 Å². The fourth-order valence-electron chi connectivity index (χ4n) is 1.67. The molecule has 6 nitrogen and oxygen atoms in total. The number of nitrogens with zero attached hydrogens (tertiary/aromatic N) is 3. The van der Waals surface area contributed by atoms with Gasteiger partial charge in [-0.05, 0) is 48.6 Å². The molecular weight excluding hydrogens is 324 g/mol. The monoisotopic (exact) mass is 334 g/mol. The minimum absolute atomic E-state index is 0.320. The van der Waals surface area contributed by atoms with E-state index in [4.69, 9.17) is 33.0 Å². The molecule has 0 aliphatic carbocycles. The first-order valence-corrected chi connectivity index (χ1v) is 7.13. The van der Waals surface area contributed by atoms with Crippen molar-refractivity contribution in [3.63, 3.8) is 0 Å². The fraction of sp³-hybridized carbons (Fsp3) is 0.0714. The molecule has 8 heteroatoms. The Morgan fingerprint density at radius 2 is 2.14 bits per heavy atom. The smallest absolute Gasteiger partial charge is 0.216 e. The molecule has 1 N–H and O–H groups in total. The molecule has 0 saturated heterocycles. The third-order valence-corrected chi connectivity index (χ3v) is 3.25. The summed E-state index contributed by atoms with van der Waals surface area (Å²) in [7, 11) is 0. The largest absolute Gasteiger partial charge is 0.486 e. The van der Waals surface area contributed by atoms with Gasteiger partial charge in [-0.2, -0.15) is 14.9 Å². The van der Waals surface area contributed by atoms with Gasteiger partial charge in [-0.15, -0.1) is 0 Å². The van der Waals surface area contributed by atoms with Crippen molar-refractivity contribution < 1.29 is 9.15 Å². The normalized spacial score (nSPS) is 11.1. The average Bonchev–Trinajstić information content (AvgIpc) is 3.13. The van der Waals surface area contributed by atoms with Crippen molar-refractivity contribution >= 4 is 30.0 Å². The van der Waals surface area contributed by atoms with Crippen LogP contribution >= 0.6 is 23.8 Å². The van der Waals surface area contributed by atoms with Gasteiger partial charge in [0.1, 0.15) is 30.2 Å². The van der Waals surface area contributed by atoms with Gasteiger partial charge in [0, 0.05) is 5.02 Å². The first kappa shape index (κ1) is 14.6. The van der Waals surface area contributed by atoms with E-state index in [2.05, 4.69) is 15.3 Å². The van der Waals surface area contributed by atoms with Crippen LogP contribution in [0.15, 0.2) is 52.2 Å². The molecule has 2 heterocycles. The Labute approximate surface area is 136 Å². The first-order chi connectivity index (χ1) is 10.7. The van der Waals surface area contributed by atoms with E-state index in [-0.39, 0.29) is 0 Å². The molecule has 0 unspecified atom stereocenters. The number of halogens is 1. The van der Waals surface area contributed by atoms with Crippen LogP contribution in [0.5, 0.6) is 5.75 Å². The lowest BCUT2D eigenvalue weighted by Crippen LogP contribution is -1.93. The van der Waals surface area contributed by atoms with Crippen molar-refractivity contribution in [3.8, 4) is 5.75 Å². The molecule has 2 aromatic heterocycles. The van der Waals surface area contributed by atoms with E-state index >= 15 is 0 Å². The van der Waals surface area contributed by atoms with Gasteiger partial charge >= 0.3 is 0 Å². The lowest BCUT2D eigenvalue weighted by atomic mass is 10.3. The van der Waals surface area contributed by atoms with Crippen LogP contribution in [-0.4, -0.2) is 21.1 Å². The predicted molar refractivity (Wildman–Crippen MR) is 84.9 cm³/mol. The average molecular weight is 335 g/mol. The molecule has 0 radical (unpaired) electrons. The number of H-pyrrole nitrogens is 1. The van der Waals surface area contributed by atoms with E-state index in [0.29, 0.717) is 27.9 Å².